The molecule has 0 aliphatic heterocycles. The van der Waals surface area contributed by atoms with Gasteiger partial charge < -0.3 is 10.1 Å². The summed E-state index contributed by atoms with van der Waals surface area (Å²) in [5.74, 6) is 0.478. The lowest BCUT2D eigenvalue weighted by Gasteiger charge is -2.08. The summed E-state index contributed by atoms with van der Waals surface area (Å²) in [4.78, 5) is 15.2. The first-order valence-corrected chi connectivity index (χ1v) is 5.96. The maximum atomic E-state index is 11.2. The summed E-state index contributed by atoms with van der Waals surface area (Å²) in [6, 6.07) is 2.11. The molecule has 2 N–H and O–H groups in total. The van der Waals surface area contributed by atoms with Crippen LogP contribution in [0.25, 0.3) is 5.65 Å². The lowest BCUT2D eigenvalue weighted by Crippen LogP contribution is -2.24. The first kappa shape index (κ1) is 12.6. The molecule has 0 fully saturated rings. The summed E-state index contributed by atoms with van der Waals surface area (Å²) in [5, 5.41) is 9.49. The highest BCUT2D eigenvalue weighted by atomic mass is 16.5. The maximum absolute atomic E-state index is 11.2. The van der Waals surface area contributed by atoms with Gasteiger partial charge >= 0.3 is 5.69 Å². The first-order chi connectivity index (χ1) is 8.66. The summed E-state index contributed by atoms with van der Waals surface area (Å²) in [5.41, 5.74) is 0.204. The van der Waals surface area contributed by atoms with Crippen LogP contribution in [-0.2, 0) is 0 Å². The summed E-state index contributed by atoms with van der Waals surface area (Å²) < 4.78 is 6.81. The van der Waals surface area contributed by atoms with Crippen molar-refractivity contribution < 1.29 is 4.74 Å². The Morgan fingerprint density at radius 1 is 1.56 bits per heavy atom. The molecule has 0 amide bonds. The van der Waals surface area contributed by atoms with Crippen LogP contribution >= 0.6 is 0 Å². The number of aromatic nitrogens is 4. The minimum absolute atomic E-state index is 0.301. The van der Waals surface area contributed by atoms with E-state index in [-0.39, 0.29) is 5.69 Å². The molecule has 0 spiro atoms. The van der Waals surface area contributed by atoms with E-state index in [1.807, 2.05) is 0 Å². The van der Waals surface area contributed by atoms with Crippen LogP contribution in [0.1, 0.15) is 20.3 Å². The molecule has 2 rings (SSSR count). The Balaban J connectivity index is 1.86. The van der Waals surface area contributed by atoms with E-state index in [1.54, 1.807) is 6.07 Å². The molecule has 2 heterocycles. The standard InChI is InChI=1S/C11H17N5O2/c1-8(2)12-4-3-5-18-10-6-9-14-15-11(17)16(9)7-13-10/h6-8,12H,3-5H2,1-2H3,(H,15,17). The quantitative estimate of drug-likeness (QED) is 0.716. The summed E-state index contributed by atoms with van der Waals surface area (Å²) in [6.45, 7) is 5.69. The highest BCUT2D eigenvalue weighted by Gasteiger charge is 2.02. The van der Waals surface area contributed by atoms with Gasteiger partial charge in [0.05, 0.1) is 6.61 Å². The molecule has 0 saturated heterocycles. The lowest BCUT2D eigenvalue weighted by molar-refractivity contribution is 0.295. The molecular formula is C11H17N5O2. The summed E-state index contributed by atoms with van der Waals surface area (Å²) in [7, 11) is 0. The summed E-state index contributed by atoms with van der Waals surface area (Å²) in [6.07, 6.45) is 2.31. The number of hydrogen-bond donors (Lipinski definition) is 2. The number of nitrogens with zero attached hydrogens (tertiary/aromatic N) is 3. The second kappa shape index (κ2) is 5.63. The molecule has 0 atom stereocenters. The van der Waals surface area contributed by atoms with Crippen LogP contribution in [0.3, 0.4) is 0 Å². The molecule has 0 saturated carbocycles. The van der Waals surface area contributed by atoms with Gasteiger partial charge in [0.15, 0.2) is 5.65 Å². The van der Waals surface area contributed by atoms with E-state index < -0.39 is 0 Å². The smallest absolute Gasteiger partial charge is 0.348 e. The number of aromatic amines is 1. The number of rotatable bonds is 6. The first-order valence-electron chi connectivity index (χ1n) is 5.96. The zero-order valence-corrected chi connectivity index (χ0v) is 10.5. The average Bonchev–Trinajstić information content (AvgIpc) is 2.70. The van der Waals surface area contributed by atoms with E-state index in [0.717, 1.165) is 13.0 Å². The van der Waals surface area contributed by atoms with E-state index >= 15 is 0 Å². The highest BCUT2D eigenvalue weighted by Crippen LogP contribution is 2.07. The molecule has 2 aromatic rings. The van der Waals surface area contributed by atoms with Crippen molar-refractivity contribution in [2.24, 2.45) is 0 Å². The fraction of sp³-hybridized carbons (Fsp3) is 0.545. The van der Waals surface area contributed by atoms with Crippen molar-refractivity contribution in [3.63, 3.8) is 0 Å². The fourth-order valence-corrected chi connectivity index (χ4v) is 1.51. The van der Waals surface area contributed by atoms with Gasteiger partial charge in [-0.25, -0.2) is 19.3 Å². The second-order valence-corrected chi connectivity index (χ2v) is 4.29. The molecule has 0 unspecified atom stereocenters. The largest absolute Gasteiger partial charge is 0.477 e. The monoisotopic (exact) mass is 251 g/mol. The van der Waals surface area contributed by atoms with Gasteiger partial charge in [-0.2, -0.15) is 5.10 Å². The van der Waals surface area contributed by atoms with Crippen LogP contribution in [0.5, 0.6) is 5.88 Å². The van der Waals surface area contributed by atoms with Crippen molar-refractivity contribution in [2.45, 2.75) is 26.3 Å². The van der Waals surface area contributed by atoms with Gasteiger partial charge in [0.1, 0.15) is 6.33 Å². The van der Waals surface area contributed by atoms with Gasteiger partial charge in [0.25, 0.3) is 0 Å². The zero-order chi connectivity index (χ0) is 13.0. The van der Waals surface area contributed by atoms with Crippen LogP contribution in [-0.4, -0.2) is 38.8 Å². The van der Waals surface area contributed by atoms with E-state index in [9.17, 15) is 4.79 Å². The van der Waals surface area contributed by atoms with Gasteiger partial charge in [0.2, 0.25) is 5.88 Å². The predicted molar refractivity (Wildman–Crippen MR) is 66.9 cm³/mol. The molecule has 0 aliphatic rings. The topological polar surface area (TPSA) is 84.3 Å². The highest BCUT2D eigenvalue weighted by molar-refractivity contribution is 5.38. The maximum Gasteiger partial charge on any atom is 0.348 e. The van der Waals surface area contributed by atoms with Crippen LogP contribution < -0.4 is 15.7 Å². The Hall–Kier alpha value is -1.89. The minimum atomic E-state index is -0.301. The molecule has 7 nitrogen and oxygen atoms in total. The summed E-state index contributed by atoms with van der Waals surface area (Å²) >= 11 is 0. The van der Waals surface area contributed by atoms with Crippen molar-refractivity contribution in [1.29, 1.82) is 0 Å². The predicted octanol–water partition coefficient (Wildman–Crippen LogP) is 0.184. The number of ether oxygens (including phenoxy) is 1. The van der Waals surface area contributed by atoms with E-state index in [4.69, 9.17) is 4.74 Å². The van der Waals surface area contributed by atoms with Crippen molar-refractivity contribution in [3.8, 4) is 5.88 Å². The normalized spacial score (nSPS) is 11.3. The third-order valence-electron chi connectivity index (χ3n) is 2.41. The molecule has 0 bridgehead atoms. The molecule has 0 radical (unpaired) electrons. The Labute approximate surface area is 104 Å². The van der Waals surface area contributed by atoms with E-state index in [0.29, 0.717) is 24.2 Å². The second-order valence-electron chi connectivity index (χ2n) is 4.29. The third kappa shape index (κ3) is 3.07. The Bertz CT molecular complexity index is 560. The number of hydrogen-bond acceptors (Lipinski definition) is 5. The number of fused-ring (bicyclic) bond motifs is 1. The van der Waals surface area contributed by atoms with Crippen molar-refractivity contribution >= 4 is 5.65 Å². The van der Waals surface area contributed by atoms with Gasteiger partial charge in [0, 0.05) is 12.1 Å². The van der Waals surface area contributed by atoms with Gasteiger partial charge in [-0.1, -0.05) is 13.8 Å². The molecule has 0 aromatic carbocycles. The fourth-order valence-electron chi connectivity index (χ4n) is 1.51. The SMILES string of the molecule is CC(C)NCCCOc1cc2n[nH]c(=O)n2cn1. The van der Waals surface area contributed by atoms with Crippen LogP contribution in [0, 0.1) is 0 Å². The zero-order valence-electron chi connectivity index (χ0n) is 10.5. The molecule has 7 heteroatoms. The minimum Gasteiger partial charge on any atom is -0.477 e. The molecular weight excluding hydrogens is 234 g/mol. The molecule has 18 heavy (non-hydrogen) atoms. The van der Waals surface area contributed by atoms with E-state index in [1.165, 1.54) is 10.7 Å². The average molecular weight is 251 g/mol. The molecule has 2 aromatic heterocycles. The van der Waals surface area contributed by atoms with Crippen molar-refractivity contribution in [3.05, 3.63) is 22.9 Å². The molecule has 0 aliphatic carbocycles. The van der Waals surface area contributed by atoms with Gasteiger partial charge in [-0.05, 0) is 13.0 Å². The van der Waals surface area contributed by atoms with Crippen LogP contribution in [0.2, 0.25) is 0 Å². The van der Waals surface area contributed by atoms with Crippen molar-refractivity contribution in [2.75, 3.05) is 13.2 Å². The molecule has 98 valence electrons. The number of nitrogens with one attached hydrogen (secondary N) is 2. The lowest BCUT2D eigenvalue weighted by atomic mass is 10.3. The Kier molecular flexibility index (Phi) is 3.93. The van der Waals surface area contributed by atoms with Crippen molar-refractivity contribution in [1.82, 2.24) is 24.9 Å². The van der Waals surface area contributed by atoms with Crippen LogP contribution in [0.15, 0.2) is 17.2 Å². The number of H-pyrrole nitrogens is 1. The van der Waals surface area contributed by atoms with Gasteiger partial charge in [-0.3, -0.25) is 0 Å². The Morgan fingerprint density at radius 2 is 2.39 bits per heavy atom. The van der Waals surface area contributed by atoms with E-state index in [2.05, 4.69) is 34.3 Å². The van der Waals surface area contributed by atoms with Crippen LogP contribution in [0.4, 0.5) is 0 Å². The Morgan fingerprint density at radius 3 is 3.17 bits per heavy atom. The third-order valence-corrected chi connectivity index (χ3v) is 2.41. The van der Waals surface area contributed by atoms with Gasteiger partial charge in [-0.15, -0.1) is 0 Å².